The standard InChI is InChI=1S/C19H29NO2S/c1-18(2,3)13-8-12(9-14(17(13)22)19(4,5)6)10-16-20(7)15(21)11-23-16/h8-9,16,22H,10-11H2,1-7H3. The zero-order valence-corrected chi connectivity index (χ0v) is 16.2. The van der Waals surface area contributed by atoms with Crippen molar-refractivity contribution in [3.8, 4) is 5.75 Å². The monoisotopic (exact) mass is 335 g/mol. The zero-order chi connectivity index (χ0) is 17.6. The molecule has 1 aromatic rings. The summed E-state index contributed by atoms with van der Waals surface area (Å²) in [6, 6.07) is 4.23. The van der Waals surface area contributed by atoms with Crippen molar-refractivity contribution in [3.05, 3.63) is 28.8 Å². The van der Waals surface area contributed by atoms with Crippen LogP contribution < -0.4 is 0 Å². The lowest BCUT2D eigenvalue weighted by Crippen LogP contribution is -2.30. The molecule has 23 heavy (non-hydrogen) atoms. The van der Waals surface area contributed by atoms with Gasteiger partial charge in [-0.15, -0.1) is 11.8 Å². The van der Waals surface area contributed by atoms with Crippen LogP contribution in [-0.2, 0) is 22.0 Å². The number of hydrogen-bond acceptors (Lipinski definition) is 3. The molecule has 1 saturated heterocycles. The lowest BCUT2D eigenvalue weighted by atomic mass is 9.78. The number of likely N-dealkylation sites (N-methyl/N-ethyl adjacent to an activating group) is 1. The lowest BCUT2D eigenvalue weighted by Gasteiger charge is -2.29. The molecule has 1 unspecified atom stereocenters. The van der Waals surface area contributed by atoms with E-state index in [2.05, 4.69) is 53.7 Å². The van der Waals surface area contributed by atoms with Crippen LogP contribution in [0.25, 0.3) is 0 Å². The normalized spacial score (nSPS) is 19.5. The van der Waals surface area contributed by atoms with Crippen LogP contribution in [0.4, 0.5) is 0 Å². The smallest absolute Gasteiger partial charge is 0.233 e. The molecule has 1 aliphatic heterocycles. The Bertz CT molecular complexity index is 576. The Morgan fingerprint density at radius 3 is 1.96 bits per heavy atom. The van der Waals surface area contributed by atoms with Gasteiger partial charge < -0.3 is 10.0 Å². The van der Waals surface area contributed by atoms with Crippen molar-refractivity contribution in [2.24, 2.45) is 0 Å². The highest BCUT2D eigenvalue weighted by Crippen LogP contribution is 2.40. The molecule has 0 spiro atoms. The van der Waals surface area contributed by atoms with Gasteiger partial charge in [0.05, 0.1) is 11.1 Å². The molecule has 1 atom stereocenters. The van der Waals surface area contributed by atoms with Crippen molar-refractivity contribution in [2.45, 2.75) is 64.2 Å². The van der Waals surface area contributed by atoms with E-state index in [0.717, 1.165) is 17.5 Å². The SMILES string of the molecule is CN1C(=O)CSC1Cc1cc(C(C)(C)C)c(O)c(C(C)(C)C)c1. The van der Waals surface area contributed by atoms with Crippen molar-refractivity contribution >= 4 is 17.7 Å². The van der Waals surface area contributed by atoms with Gasteiger partial charge >= 0.3 is 0 Å². The number of benzene rings is 1. The molecule has 128 valence electrons. The molecule has 1 aromatic carbocycles. The van der Waals surface area contributed by atoms with Gasteiger partial charge in [0.1, 0.15) is 5.75 Å². The second-order valence-corrected chi connectivity index (χ2v) is 9.68. The summed E-state index contributed by atoms with van der Waals surface area (Å²) in [5, 5.41) is 11.0. The minimum atomic E-state index is -0.120. The second-order valence-electron chi connectivity index (χ2n) is 8.51. The Labute approximate surface area is 144 Å². The average molecular weight is 336 g/mol. The Hall–Kier alpha value is -1.16. The molecule has 1 heterocycles. The molecule has 1 N–H and O–H groups in total. The minimum absolute atomic E-state index is 0.120. The summed E-state index contributed by atoms with van der Waals surface area (Å²) < 4.78 is 0. The maximum atomic E-state index is 11.7. The predicted molar refractivity (Wildman–Crippen MR) is 98.2 cm³/mol. The van der Waals surface area contributed by atoms with Gasteiger partial charge in [0.15, 0.2) is 0 Å². The van der Waals surface area contributed by atoms with Gasteiger partial charge in [-0.3, -0.25) is 4.79 Å². The van der Waals surface area contributed by atoms with E-state index in [1.807, 2.05) is 11.9 Å². The Kier molecular flexibility index (Phi) is 4.78. The number of amides is 1. The summed E-state index contributed by atoms with van der Waals surface area (Å²) in [6.07, 6.45) is 0.819. The number of phenolic OH excluding ortho intramolecular Hbond substituents is 1. The highest BCUT2D eigenvalue weighted by Gasteiger charge is 2.31. The van der Waals surface area contributed by atoms with Gasteiger partial charge in [-0.2, -0.15) is 0 Å². The van der Waals surface area contributed by atoms with Gasteiger partial charge in [0.25, 0.3) is 0 Å². The van der Waals surface area contributed by atoms with E-state index in [1.54, 1.807) is 11.8 Å². The van der Waals surface area contributed by atoms with Crippen LogP contribution in [0.3, 0.4) is 0 Å². The third-order valence-electron chi connectivity index (χ3n) is 4.42. The van der Waals surface area contributed by atoms with E-state index in [0.29, 0.717) is 11.5 Å². The molecule has 0 aromatic heterocycles. The van der Waals surface area contributed by atoms with Crippen LogP contribution in [-0.4, -0.2) is 34.1 Å². The molecule has 2 rings (SSSR count). The highest BCUT2D eigenvalue weighted by atomic mass is 32.2. The van der Waals surface area contributed by atoms with E-state index in [4.69, 9.17) is 0 Å². The number of nitrogens with zero attached hydrogens (tertiary/aromatic N) is 1. The van der Waals surface area contributed by atoms with Gasteiger partial charge in [0.2, 0.25) is 5.91 Å². The molecule has 0 aliphatic carbocycles. The molecule has 4 heteroatoms. The van der Waals surface area contributed by atoms with Gasteiger partial charge in [0, 0.05) is 13.5 Å². The first-order chi connectivity index (χ1) is 10.4. The third kappa shape index (κ3) is 3.85. The van der Waals surface area contributed by atoms with Crippen LogP contribution in [0.2, 0.25) is 0 Å². The Morgan fingerprint density at radius 2 is 1.61 bits per heavy atom. The average Bonchev–Trinajstić information content (AvgIpc) is 2.70. The van der Waals surface area contributed by atoms with Crippen LogP contribution in [0, 0.1) is 0 Å². The van der Waals surface area contributed by atoms with Crippen LogP contribution in [0.5, 0.6) is 5.75 Å². The molecule has 1 aliphatic rings. The molecule has 1 fully saturated rings. The predicted octanol–water partition coefficient (Wildman–Crippen LogP) is 4.06. The number of rotatable bonds is 2. The summed E-state index contributed by atoms with van der Waals surface area (Å²) >= 11 is 1.70. The van der Waals surface area contributed by atoms with Crippen molar-refractivity contribution in [1.82, 2.24) is 4.90 Å². The second kappa shape index (κ2) is 6.04. The largest absolute Gasteiger partial charge is 0.507 e. The van der Waals surface area contributed by atoms with E-state index in [9.17, 15) is 9.90 Å². The fraction of sp³-hybridized carbons (Fsp3) is 0.632. The topological polar surface area (TPSA) is 40.5 Å². The molecule has 0 saturated carbocycles. The van der Waals surface area contributed by atoms with Crippen LogP contribution in [0.15, 0.2) is 12.1 Å². The fourth-order valence-electron chi connectivity index (χ4n) is 2.89. The van der Waals surface area contributed by atoms with E-state index >= 15 is 0 Å². The minimum Gasteiger partial charge on any atom is -0.507 e. The maximum Gasteiger partial charge on any atom is 0.233 e. The van der Waals surface area contributed by atoms with Crippen LogP contribution >= 0.6 is 11.8 Å². The van der Waals surface area contributed by atoms with Crippen molar-refractivity contribution in [1.29, 1.82) is 0 Å². The molecule has 1 amide bonds. The number of carbonyl (C=O) groups excluding carboxylic acids is 1. The molecule has 0 bridgehead atoms. The summed E-state index contributed by atoms with van der Waals surface area (Å²) in [7, 11) is 1.88. The lowest BCUT2D eigenvalue weighted by molar-refractivity contribution is -0.126. The molecular formula is C19H29NO2S. The number of hydrogen-bond donors (Lipinski definition) is 1. The number of thioether (sulfide) groups is 1. The van der Waals surface area contributed by atoms with Crippen molar-refractivity contribution in [3.63, 3.8) is 0 Å². The zero-order valence-electron chi connectivity index (χ0n) is 15.4. The number of aromatic hydroxyl groups is 1. The first-order valence-corrected chi connectivity index (χ1v) is 9.20. The molecule has 0 radical (unpaired) electrons. The third-order valence-corrected chi connectivity index (χ3v) is 5.70. The van der Waals surface area contributed by atoms with Gasteiger partial charge in [-0.25, -0.2) is 0 Å². The first-order valence-electron chi connectivity index (χ1n) is 8.15. The molecular weight excluding hydrogens is 306 g/mol. The van der Waals surface area contributed by atoms with Crippen molar-refractivity contribution < 1.29 is 9.90 Å². The number of phenols is 1. The quantitative estimate of drug-likeness (QED) is 0.886. The van der Waals surface area contributed by atoms with E-state index < -0.39 is 0 Å². The van der Waals surface area contributed by atoms with E-state index in [-0.39, 0.29) is 22.1 Å². The Morgan fingerprint density at radius 1 is 1.13 bits per heavy atom. The van der Waals surface area contributed by atoms with Crippen LogP contribution in [0.1, 0.15) is 58.2 Å². The first kappa shape index (κ1) is 18.2. The number of carbonyl (C=O) groups is 1. The van der Waals surface area contributed by atoms with E-state index in [1.165, 1.54) is 5.56 Å². The van der Waals surface area contributed by atoms with Gasteiger partial charge in [-0.1, -0.05) is 53.7 Å². The summed E-state index contributed by atoms with van der Waals surface area (Å²) in [5.41, 5.74) is 2.92. The summed E-state index contributed by atoms with van der Waals surface area (Å²) in [4.78, 5) is 13.6. The maximum absolute atomic E-state index is 11.7. The van der Waals surface area contributed by atoms with Gasteiger partial charge in [-0.05, 0) is 27.5 Å². The fourth-order valence-corrected chi connectivity index (χ4v) is 4.08. The Balaban J connectivity index is 2.46. The van der Waals surface area contributed by atoms with Crippen molar-refractivity contribution in [2.75, 3.05) is 12.8 Å². The summed E-state index contributed by atoms with van der Waals surface area (Å²) in [6.45, 7) is 12.7. The molecule has 3 nitrogen and oxygen atoms in total. The summed E-state index contributed by atoms with van der Waals surface area (Å²) in [5.74, 6) is 1.18. The highest BCUT2D eigenvalue weighted by molar-refractivity contribution is 8.00.